The van der Waals surface area contributed by atoms with Crippen molar-refractivity contribution in [3.63, 3.8) is 0 Å². The Bertz CT molecular complexity index is 740. The third-order valence-electron chi connectivity index (χ3n) is 3.27. The average molecular weight is 318 g/mol. The zero-order chi connectivity index (χ0) is 14.7. The highest BCUT2D eigenvalue weighted by atomic mass is 32.1. The zero-order valence-corrected chi connectivity index (χ0v) is 13.5. The Labute approximate surface area is 129 Å². The molecule has 0 aliphatic heterocycles. The number of hydrogen-bond donors (Lipinski definition) is 1. The van der Waals surface area contributed by atoms with E-state index in [2.05, 4.69) is 53.4 Å². The molecule has 21 heavy (non-hydrogen) atoms. The molecule has 0 aliphatic carbocycles. The third kappa shape index (κ3) is 3.22. The van der Waals surface area contributed by atoms with Crippen molar-refractivity contribution in [1.82, 2.24) is 4.98 Å². The number of benzene rings is 2. The van der Waals surface area contributed by atoms with Gasteiger partial charge in [-0.05, 0) is 35.2 Å². The highest BCUT2D eigenvalue weighted by molar-refractivity contribution is 7.46. The summed E-state index contributed by atoms with van der Waals surface area (Å²) >= 11 is 1.57. The second-order valence-electron chi connectivity index (χ2n) is 4.64. The van der Waals surface area contributed by atoms with E-state index >= 15 is 0 Å². The van der Waals surface area contributed by atoms with Crippen LogP contribution in [0.4, 0.5) is 9.52 Å². The molecule has 5 heteroatoms. The molecule has 1 unspecified atom stereocenters. The SMILES string of the molecule is CPc1ccc(-c2ccc3nc(NCCF)sc3c2)cc1. The molecule has 1 heterocycles. The number of fused-ring (bicyclic) bond motifs is 1. The van der Waals surface area contributed by atoms with Gasteiger partial charge in [-0.25, -0.2) is 9.37 Å². The van der Waals surface area contributed by atoms with E-state index in [0.717, 1.165) is 23.9 Å². The average Bonchev–Trinajstić information content (AvgIpc) is 2.95. The lowest BCUT2D eigenvalue weighted by molar-refractivity contribution is 0.512. The van der Waals surface area contributed by atoms with Crippen molar-refractivity contribution >= 4 is 40.6 Å². The number of thiazole rings is 1. The number of hydrogen-bond acceptors (Lipinski definition) is 3. The minimum Gasteiger partial charge on any atom is -0.359 e. The van der Waals surface area contributed by atoms with E-state index in [1.807, 2.05) is 6.07 Å². The third-order valence-corrected chi connectivity index (χ3v) is 5.15. The first-order chi connectivity index (χ1) is 10.3. The molecule has 108 valence electrons. The second-order valence-corrected chi connectivity index (χ2v) is 6.75. The summed E-state index contributed by atoms with van der Waals surface area (Å²) in [7, 11) is 0.825. The van der Waals surface area contributed by atoms with Crippen LogP contribution in [-0.2, 0) is 0 Å². The standard InChI is InChI=1S/C16H16FN2PS/c1-20-13-5-2-11(3-6-13)12-4-7-14-15(10-12)21-16(19-14)18-9-8-17/h2-7,10,20H,8-9H2,1H3,(H,18,19). The molecule has 0 bridgehead atoms. The van der Waals surface area contributed by atoms with Gasteiger partial charge >= 0.3 is 0 Å². The number of anilines is 1. The van der Waals surface area contributed by atoms with Crippen molar-refractivity contribution in [2.24, 2.45) is 0 Å². The van der Waals surface area contributed by atoms with Gasteiger partial charge in [0.1, 0.15) is 6.67 Å². The van der Waals surface area contributed by atoms with Crippen molar-refractivity contribution in [1.29, 1.82) is 0 Å². The normalized spacial score (nSPS) is 11.5. The summed E-state index contributed by atoms with van der Waals surface area (Å²) in [5, 5.41) is 5.14. The summed E-state index contributed by atoms with van der Waals surface area (Å²) in [6.45, 7) is 2.11. The molecule has 2 aromatic carbocycles. The van der Waals surface area contributed by atoms with Gasteiger partial charge in [-0.3, -0.25) is 0 Å². The summed E-state index contributed by atoms with van der Waals surface area (Å²) in [5.41, 5.74) is 3.36. The lowest BCUT2D eigenvalue weighted by atomic mass is 10.1. The van der Waals surface area contributed by atoms with Crippen LogP contribution in [0.15, 0.2) is 42.5 Å². The maximum atomic E-state index is 12.2. The van der Waals surface area contributed by atoms with Gasteiger partial charge in [0, 0.05) is 6.54 Å². The summed E-state index contributed by atoms with van der Waals surface area (Å²) < 4.78 is 13.3. The molecular weight excluding hydrogens is 302 g/mol. The van der Waals surface area contributed by atoms with E-state index in [9.17, 15) is 4.39 Å². The molecule has 0 spiro atoms. The van der Waals surface area contributed by atoms with E-state index in [4.69, 9.17) is 0 Å². The van der Waals surface area contributed by atoms with Gasteiger partial charge in [0.25, 0.3) is 0 Å². The fourth-order valence-electron chi connectivity index (χ4n) is 2.16. The Balaban J connectivity index is 1.92. The summed E-state index contributed by atoms with van der Waals surface area (Å²) in [6.07, 6.45) is 0. The topological polar surface area (TPSA) is 24.9 Å². The summed E-state index contributed by atoms with van der Waals surface area (Å²) in [4.78, 5) is 4.45. The number of aromatic nitrogens is 1. The Morgan fingerprint density at radius 2 is 1.90 bits per heavy atom. The van der Waals surface area contributed by atoms with Gasteiger partial charge in [-0.15, -0.1) is 0 Å². The van der Waals surface area contributed by atoms with Gasteiger partial charge in [-0.2, -0.15) is 0 Å². The largest absolute Gasteiger partial charge is 0.359 e. The van der Waals surface area contributed by atoms with E-state index in [-0.39, 0.29) is 6.67 Å². The summed E-state index contributed by atoms with van der Waals surface area (Å²) in [5.74, 6) is 0. The first kappa shape index (κ1) is 14.4. The highest BCUT2D eigenvalue weighted by Crippen LogP contribution is 2.30. The minimum absolute atomic E-state index is 0.311. The number of nitrogens with one attached hydrogen (secondary N) is 1. The Hall–Kier alpha value is -1.51. The van der Waals surface area contributed by atoms with Crippen LogP contribution in [0.5, 0.6) is 0 Å². The lowest BCUT2D eigenvalue weighted by Gasteiger charge is -2.03. The van der Waals surface area contributed by atoms with Gasteiger partial charge in [0.15, 0.2) is 5.13 Å². The van der Waals surface area contributed by atoms with Crippen LogP contribution in [0.1, 0.15) is 0 Å². The minimum atomic E-state index is -0.383. The fourth-order valence-corrected chi connectivity index (χ4v) is 3.59. The fraction of sp³-hybridized carbons (Fsp3) is 0.188. The first-order valence-electron chi connectivity index (χ1n) is 6.79. The quantitative estimate of drug-likeness (QED) is 0.710. The van der Waals surface area contributed by atoms with Crippen LogP contribution in [0.2, 0.25) is 0 Å². The van der Waals surface area contributed by atoms with Crippen molar-refractivity contribution in [2.75, 3.05) is 25.2 Å². The van der Waals surface area contributed by atoms with Crippen LogP contribution in [0.25, 0.3) is 21.3 Å². The second kappa shape index (κ2) is 6.50. The molecule has 3 rings (SSSR count). The number of rotatable bonds is 5. The molecule has 3 aromatic rings. The predicted molar refractivity (Wildman–Crippen MR) is 93.4 cm³/mol. The first-order valence-corrected chi connectivity index (χ1v) is 9.10. The highest BCUT2D eigenvalue weighted by Gasteiger charge is 2.05. The molecule has 2 nitrogen and oxygen atoms in total. The van der Waals surface area contributed by atoms with Gasteiger partial charge in [-0.1, -0.05) is 50.2 Å². The smallest absolute Gasteiger partial charge is 0.183 e. The van der Waals surface area contributed by atoms with Crippen LogP contribution < -0.4 is 10.6 Å². The van der Waals surface area contributed by atoms with Gasteiger partial charge in [0.05, 0.1) is 10.2 Å². The van der Waals surface area contributed by atoms with Crippen molar-refractivity contribution in [2.45, 2.75) is 0 Å². The molecule has 0 aliphatic rings. The summed E-state index contributed by atoms with van der Waals surface area (Å²) in [6, 6.07) is 14.9. The molecule has 1 atom stereocenters. The van der Waals surface area contributed by atoms with Crippen molar-refractivity contribution in [3.05, 3.63) is 42.5 Å². The van der Waals surface area contributed by atoms with Crippen molar-refractivity contribution in [3.8, 4) is 11.1 Å². The molecule has 0 amide bonds. The van der Waals surface area contributed by atoms with Crippen molar-refractivity contribution < 1.29 is 4.39 Å². The number of halogens is 1. The van der Waals surface area contributed by atoms with Gasteiger partial charge < -0.3 is 5.32 Å². The van der Waals surface area contributed by atoms with Gasteiger partial charge in [0.2, 0.25) is 0 Å². The molecule has 1 N–H and O–H groups in total. The maximum absolute atomic E-state index is 12.2. The molecular formula is C16H16FN2PS. The predicted octanol–water partition coefficient (Wildman–Crippen LogP) is 4.28. The molecule has 0 fully saturated rings. The maximum Gasteiger partial charge on any atom is 0.183 e. The molecule has 0 saturated carbocycles. The molecule has 0 saturated heterocycles. The monoisotopic (exact) mass is 318 g/mol. The van der Waals surface area contributed by atoms with Crippen LogP contribution in [0, 0.1) is 0 Å². The van der Waals surface area contributed by atoms with E-state index in [1.54, 1.807) is 11.3 Å². The Morgan fingerprint density at radius 1 is 1.14 bits per heavy atom. The van der Waals surface area contributed by atoms with Crippen LogP contribution in [0.3, 0.4) is 0 Å². The number of alkyl halides is 1. The Kier molecular flexibility index (Phi) is 4.47. The molecule has 0 radical (unpaired) electrons. The lowest BCUT2D eigenvalue weighted by Crippen LogP contribution is -2.01. The van der Waals surface area contributed by atoms with E-state index in [0.29, 0.717) is 6.54 Å². The van der Waals surface area contributed by atoms with E-state index < -0.39 is 0 Å². The zero-order valence-electron chi connectivity index (χ0n) is 11.7. The molecule has 1 aromatic heterocycles. The Morgan fingerprint density at radius 3 is 2.62 bits per heavy atom. The van der Waals surface area contributed by atoms with E-state index in [1.165, 1.54) is 16.4 Å². The van der Waals surface area contributed by atoms with Crippen LogP contribution >= 0.6 is 19.9 Å². The number of nitrogens with zero attached hydrogens (tertiary/aromatic N) is 1. The van der Waals surface area contributed by atoms with Crippen LogP contribution in [-0.4, -0.2) is 24.9 Å².